The second-order valence-electron chi connectivity index (χ2n) is 4.69. The van der Waals surface area contributed by atoms with Crippen molar-refractivity contribution >= 4 is 5.82 Å². The van der Waals surface area contributed by atoms with Crippen molar-refractivity contribution < 1.29 is 4.74 Å². The van der Waals surface area contributed by atoms with Gasteiger partial charge in [-0.25, -0.2) is 4.98 Å². The van der Waals surface area contributed by atoms with Gasteiger partial charge in [0.1, 0.15) is 5.82 Å². The molecule has 0 aromatic carbocycles. The van der Waals surface area contributed by atoms with Crippen molar-refractivity contribution in [2.75, 3.05) is 38.1 Å². The molecule has 0 saturated carbocycles. The van der Waals surface area contributed by atoms with Crippen LogP contribution in [0.2, 0.25) is 0 Å². The van der Waals surface area contributed by atoms with Crippen molar-refractivity contribution in [2.45, 2.75) is 12.2 Å². The lowest BCUT2D eigenvalue weighted by Gasteiger charge is -2.45. The second-order valence-corrected chi connectivity index (χ2v) is 4.69. The lowest BCUT2D eigenvalue weighted by molar-refractivity contribution is -0.0876. The molecule has 4 heteroatoms. The standard InChI is InChI=1S/C12H17N3O/c1-14-6-10-8-15(9-11(7-14)16-10)12-4-2-3-5-13-12/h2-5,10-11H,6-9H2,1H3. The lowest BCUT2D eigenvalue weighted by Crippen LogP contribution is -2.58. The van der Waals surface area contributed by atoms with Crippen LogP contribution in [0, 0.1) is 0 Å². The minimum atomic E-state index is 0.333. The highest BCUT2D eigenvalue weighted by atomic mass is 16.5. The third-order valence-corrected chi connectivity index (χ3v) is 3.24. The molecule has 0 aliphatic carbocycles. The quantitative estimate of drug-likeness (QED) is 0.691. The normalized spacial score (nSPS) is 30.4. The van der Waals surface area contributed by atoms with Gasteiger partial charge in [-0.05, 0) is 19.2 Å². The van der Waals surface area contributed by atoms with Gasteiger partial charge in [0, 0.05) is 32.4 Å². The predicted molar refractivity (Wildman–Crippen MR) is 62.6 cm³/mol. The minimum absolute atomic E-state index is 0.333. The monoisotopic (exact) mass is 219 g/mol. The molecule has 2 aliphatic rings. The summed E-state index contributed by atoms with van der Waals surface area (Å²) in [5.74, 6) is 1.07. The van der Waals surface area contributed by atoms with Crippen LogP contribution in [0.15, 0.2) is 24.4 Å². The van der Waals surface area contributed by atoms with E-state index in [1.807, 2.05) is 18.3 Å². The molecule has 16 heavy (non-hydrogen) atoms. The Morgan fingerprint density at radius 2 is 1.94 bits per heavy atom. The average molecular weight is 219 g/mol. The first-order valence-corrected chi connectivity index (χ1v) is 5.81. The van der Waals surface area contributed by atoms with Gasteiger partial charge >= 0.3 is 0 Å². The van der Waals surface area contributed by atoms with Crippen LogP contribution in [-0.2, 0) is 4.74 Å². The summed E-state index contributed by atoms with van der Waals surface area (Å²) in [5.41, 5.74) is 0. The summed E-state index contributed by atoms with van der Waals surface area (Å²) in [6.45, 7) is 3.97. The highest BCUT2D eigenvalue weighted by molar-refractivity contribution is 5.38. The lowest BCUT2D eigenvalue weighted by atomic mass is 10.1. The minimum Gasteiger partial charge on any atom is -0.369 e. The molecular weight excluding hydrogens is 202 g/mol. The van der Waals surface area contributed by atoms with E-state index >= 15 is 0 Å². The maximum Gasteiger partial charge on any atom is 0.128 e. The molecule has 3 heterocycles. The molecule has 4 nitrogen and oxygen atoms in total. The Labute approximate surface area is 95.8 Å². The van der Waals surface area contributed by atoms with E-state index in [4.69, 9.17) is 4.74 Å². The molecule has 1 aromatic rings. The predicted octanol–water partition coefficient (Wildman–Crippen LogP) is 0.601. The third kappa shape index (κ3) is 1.90. The van der Waals surface area contributed by atoms with Crippen LogP contribution < -0.4 is 4.90 Å². The fourth-order valence-corrected chi connectivity index (χ4v) is 2.62. The number of nitrogens with zero attached hydrogens (tertiary/aromatic N) is 3. The largest absolute Gasteiger partial charge is 0.369 e. The van der Waals surface area contributed by atoms with Crippen molar-refractivity contribution in [3.63, 3.8) is 0 Å². The van der Waals surface area contributed by atoms with Gasteiger partial charge in [-0.15, -0.1) is 0 Å². The maximum atomic E-state index is 5.93. The Hall–Kier alpha value is -1.13. The first-order valence-electron chi connectivity index (χ1n) is 5.81. The van der Waals surface area contributed by atoms with Crippen molar-refractivity contribution in [3.8, 4) is 0 Å². The summed E-state index contributed by atoms with van der Waals surface area (Å²) >= 11 is 0. The van der Waals surface area contributed by atoms with Gasteiger partial charge in [0.25, 0.3) is 0 Å². The molecule has 0 amide bonds. The van der Waals surface area contributed by atoms with Crippen LogP contribution in [-0.4, -0.2) is 55.3 Å². The molecule has 3 rings (SSSR count). The molecule has 2 saturated heterocycles. The number of morpholine rings is 2. The van der Waals surface area contributed by atoms with E-state index in [1.54, 1.807) is 0 Å². The van der Waals surface area contributed by atoms with Crippen molar-refractivity contribution in [1.29, 1.82) is 0 Å². The third-order valence-electron chi connectivity index (χ3n) is 3.24. The van der Waals surface area contributed by atoms with Gasteiger partial charge in [0.05, 0.1) is 12.2 Å². The molecule has 0 spiro atoms. The summed E-state index contributed by atoms with van der Waals surface area (Å²) in [6, 6.07) is 6.07. The van der Waals surface area contributed by atoms with E-state index in [0.29, 0.717) is 12.2 Å². The fraction of sp³-hybridized carbons (Fsp3) is 0.583. The van der Waals surface area contributed by atoms with Gasteiger partial charge in [0.2, 0.25) is 0 Å². The van der Waals surface area contributed by atoms with Crippen molar-refractivity contribution in [1.82, 2.24) is 9.88 Å². The molecule has 86 valence electrons. The summed E-state index contributed by atoms with van der Waals surface area (Å²) in [5, 5.41) is 0. The summed E-state index contributed by atoms with van der Waals surface area (Å²) in [6.07, 6.45) is 2.52. The van der Waals surface area contributed by atoms with Gasteiger partial charge < -0.3 is 14.5 Å². The zero-order valence-electron chi connectivity index (χ0n) is 9.54. The zero-order valence-corrected chi connectivity index (χ0v) is 9.54. The van der Waals surface area contributed by atoms with E-state index in [-0.39, 0.29) is 0 Å². The van der Waals surface area contributed by atoms with Gasteiger partial charge in [-0.3, -0.25) is 0 Å². The number of aromatic nitrogens is 1. The fourth-order valence-electron chi connectivity index (χ4n) is 2.62. The number of likely N-dealkylation sites (N-methyl/N-ethyl adjacent to an activating group) is 1. The maximum absolute atomic E-state index is 5.93. The second kappa shape index (κ2) is 4.03. The number of fused-ring (bicyclic) bond motifs is 2. The molecule has 0 radical (unpaired) electrons. The zero-order chi connectivity index (χ0) is 11.0. The van der Waals surface area contributed by atoms with E-state index in [1.165, 1.54) is 0 Å². The highest BCUT2D eigenvalue weighted by Gasteiger charge is 2.33. The van der Waals surface area contributed by atoms with E-state index in [0.717, 1.165) is 32.0 Å². The average Bonchev–Trinajstić information content (AvgIpc) is 2.28. The number of ether oxygens (including phenoxy) is 1. The topological polar surface area (TPSA) is 28.6 Å². The van der Waals surface area contributed by atoms with Crippen LogP contribution in [0.4, 0.5) is 5.82 Å². The summed E-state index contributed by atoms with van der Waals surface area (Å²) < 4.78 is 5.93. The smallest absolute Gasteiger partial charge is 0.128 e. The Balaban J connectivity index is 1.76. The number of hydrogen-bond donors (Lipinski definition) is 0. The Morgan fingerprint density at radius 3 is 2.56 bits per heavy atom. The molecule has 2 atom stereocenters. The van der Waals surface area contributed by atoms with Crippen LogP contribution >= 0.6 is 0 Å². The van der Waals surface area contributed by atoms with Gasteiger partial charge in [-0.1, -0.05) is 6.07 Å². The molecule has 2 bridgehead atoms. The molecule has 2 aliphatic heterocycles. The van der Waals surface area contributed by atoms with Gasteiger partial charge in [0.15, 0.2) is 0 Å². The van der Waals surface area contributed by atoms with Crippen molar-refractivity contribution in [3.05, 3.63) is 24.4 Å². The highest BCUT2D eigenvalue weighted by Crippen LogP contribution is 2.21. The number of rotatable bonds is 1. The van der Waals surface area contributed by atoms with E-state index in [9.17, 15) is 0 Å². The summed E-state index contributed by atoms with van der Waals surface area (Å²) in [4.78, 5) is 9.10. The summed E-state index contributed by atoms with van der Waals surface area (Å²) in [7, 11) is 2.17. The van der Waals surface area contributed by atoms with E-state index in [2.05, 4.69) is 27.9 Å². The Bertz CT molecular complexity index is 339. The first kappa shape index (κ1) is 10.1. The van der Waals surface area contributed by atoms with Crippen LogP contribution in [0.5, 0.6) is 0 Å². The molecule has 1 aromatic heterocycles. The molecule has 0 N–H and O–H groups in total. The van der Waals surface area contributed by atoms with Gasteiger partial charge in [-0.2, -0.15) is 0 Å². The van der Waals surface area contributed by atoms with Crippen LogP contribution in [0.25, 0.3) is 0 Å². The number of anilines is 1. The van der Waals surface area contributed by atoms with Crippen LogP contribution in [0.1, 0.15) is 0 Å². The Kier molecular flexibility index (Phi) is 2.53. The Morgan fingerprint density at radius 1 is 1.19 bits per heavy atom. The molecule has 2 unspecified atom stereocenters. The van der Waals surface area contributed by atoms with E-state index < -0.39 is 0 Å². The molecular formula is C12H17N3O. The molecule has 2 fully saturated rings. The first-order chi connectivity index (χ1) is 7.81. The van der Waals surface area contributed by atoms with Crippen molar-refractivity contribution in [2.24, 2.45) is 0 Å². The van der Waals surface area contributed by atoms with Crippen LogP contribution in [0.3, 0.4) is 0 Å². The SMILES string of the molecule is CN1CC2CN(c3ccccn3)CC(C1)O2. The number of pyridine rings is 1. The number of hydrogen-bond acceptors (Lipinski definition) is 4.